The summed E-state index contributed by atoms with van der Waals surface area (Å²) < 4.78 is 7.65. The Morgan fingerprint density at radius 3 is 2.71 bits per heavy atom. The van der Waals surface area contributed by atoms with E-state index in [-0.39, 0.29) is 11.9 Å². The number of ether oxygens (including phenoxy) is 1. The third-order valence-corrected chi connectivity index (χ3v) is 8.72. The van der Waals surface area contributed by atoms with Crippen molar-refractivity contribution in [2.75, 3.05) is 37.8 Å². The molecule has 3 N–H and O–H groups in total. The quantitative estimate of drug-likeness (QED) is 0.436. The minimum Gasteiger partial charge on any atom is -0.495 e. The van der Waals surface area contributed by atoms with Gasteiger partial charge in [-0.15, -0.1) is 0 Å². The summed E-state index contributed by atoms with van der Waals surface area (Å²) in [6.07, 6.45) is 12.5. The van der Waals surface area contributed by atoms with Gasteiger partial charge in [0.2, 0.25) is 11.9 Å². The van der Waals surface area contributed by atoms with E-state index in [0.29, 0.717) is 35.7 Å². The van der Waals surface area contributed by atoms with E-state index in [4.69, 9.17) is 15.5 Å². The van der Waals surface area contributed by atoms with Gasteiger partial charge < -0.3 is 20.7 Å². The van der Waals surface area contributed by atoms with Gasteiger partial charge in [-0.3, -0.25) is 14.5 Å². The van der Waals surface area contributed by atoms with E-state index in [2.05, 4.69) is 26.4 Å². The van der Waals surface area contributed by atoms with Crippen LogP contribution in [0.25, 0.3) is 11.0 Å². The Morgan fingerprint density at radius 2 is 2.00 bits per heavy atom. The second-order valence-corrected chi connectivity index (χ2v) is 11.4. The number of likely N-dealkylation sites (tertiary alicyclic amines) is 1. The summed E-state index contributed by atoms with van der Waals surface area (Å²) in [6.45, 7) is 4.97. The molecule has 0 bridgehead atoms. The Kier molecular flexibility index (Phi) is 6.57. The molecule has 202 valence electrons. The van der Waals surface area contributed by atoms with Crippen LogP contribution in [-0.2, 0) is 11.3 Å². The zero-order chi connectivity index (χ0) is 26.3. The highest BCUT2D eigenvalue weighted by atomic mass is 16.5. The molecule has 38 heavy (non-hydrogen) atoms. The van der Waals surface area contributed by atoms with Crippen LogP contribution in [0.3, 0.4) is 0 Å². The molecule has 1 amide bonds. The number of carbonyl (C=O) groups excluding carboxylic acids is 1. The summed E-state index contributed by atoms with van der Waals surface area (Å²) in [4.78, 5) is 28.0. The molecule has 1 saturated heterocycles. The SMILES string of the molecule is CCCC(=O)N1CCC(c2cnc(Cn3ncc4nc(N)nc(NCC5CC6(CC6)C5)c43)c(OC)c2)CC1. The first kappa shape index (κ1) is 24.9. The van der Waals surface area contributed by atoms with Crippen LogP contribution < -0.4 is 15.8 Å². The number of hydrogen-bond acceptors (Lipinski definition) is 8. The first-order chi connectivity index (χ1) is 18.5. The molecule has 4 heterocycles. The number of hydrogen-bond donors (Lipinski definition) is 2. The normalized spacial score (nSPS) is 19.1. The van der Waals surface area contributed by atoms with Gasteiger partial charge in [0.15, 0.2) is 5.82 Å². The second kappa shape index (κ2) is 10.0. The van der Waals surface area contributed by atoms with Crippen molar-refractivity contribution in [1.29, 1.82) is 0 Å². The Hall–Kier alpha value is -3.43. The van der Waals surface area contributed by atoms with E-state index in [9.17, 15) is 4.79 Å². The molecular formula is C28H38N8O2. The van der Waals surface area contributed by atoms with Crippen molar-refractivity contribution in [3.8, 4) is 5.75 Å². The van der Waals surface area contributed by atoms with E-state index in [1.54, 1.807) is 13.3 Å². The fourth-order valence-corrected chi connectivity index (χ4v) is 6.38. The molecule has 10 heteroatoms. The van der Waals surface area contributed by atoms with Crippen molar-refractivity contribution in [3.63, 3.8) is 0 Å². The number of rotatable bonds is 9. The summed E-state index contributed by atoms with van der Waals surface area (Å²) >= 11 is 0. The van der Waals surface area contributed by atoms with Crippen LogP contribution >= 0.6 is 0 Å². The number of aromatic nitrogens is 5. The summed E-state index contributed by atoms with van der Waals surface area (Å²) in [7, 11) is 1.68. The van der Waals surface area contributed by atoms with Crippen molar-refractivity contribution >= 4 is 28.7 Å². The number of piperidine rings is 1. The first-order valence-electron chi connectivity index (χ1n) is 14.0. The fraction of sp³-hybridized carbons (Fsp3) is 0.607. The number of methoxy groups -OCH3 is 1. The van der Waals surface area contributed by atoms with E-state index in [1.807, 2.05) is 22.7 Å². The molecule has 10 nitrogen and oxygen atoms in total. The molecule has 3 aromatic rings. The number of fused-ring (bicyclic) bond motifs is 1. The fourth-order valence-electron chi connectivity index (χ4n) is 6.38. The maximum atomic E-state index is 12.3. The van der Waals surface area contributed by atoms with Crippen LogP contribution in [0.15, 0.2) is 18.5 Å². The number of nitrogens with one attached hydrogen (secondary N) is 1. The maximum absolute atomic E-state index is 12.3. The van der Waals surface area contributed by atoms with Crippen LogP contribution in [0, 0.1) is 11.3 Å². The maximum Gasteiger partial charge on any atom is 0.222 e. The van der Waals surface area contributed by atoms with Gasteiger partial charge >= 0.3 is 0 Å². The van der Waals surface area contributed by atoms with Crippen molar-refractivity contribution in [2.45, 2.75) is 70.8 Å². The highest BCUT2D eigenvalue weighted by Gasteiger charge is 2.52. The minimum absolute atomic E-state index is 0.245. The molecule has 1 aliphatic heterocycles. The lowest BCUT2D eigenvalue weighted by atomic mass is 9.72. The van der Waals surface area contributed by atoms with Crippen LogP contribution in [0.4, 0.5) is 11.8 Å². The van der Waals surface area contributed by atoms with Gasteiger partial charge in [-0.05, 0) is 73.8 Å². The molecule has 1 spiro atoms. The number of amides is 1. The van der Waals surface area contributed by atoms with Crippen molar-refractivity contribution < 1.29 is 9.53 Å². The molecule has 0 atom stereocenters. The first-order valence-corrected chi connectivity index (χ1v) is 14.0. The van der Waals surface area contributed by atoms with Crippen molar-refractivity contribution in [1.82, 2.24) is 29.6 Å². The molecule has 0 unspecified atom stereocenters. The van der Waals surface area contributed by atoms with E-state index < -0.39 is 0 Å². The zero-order valence-corrected chi connectivity index (χ0v) is 22.4. The smallest absolute Gasteiger partial charge is 0.222 e. The van der Waals surface area contributed by atoms with Gasteiger partial charge in [-0.25, -0.2) is 4.98 Å². The summed E-state index contributed by atoms with van der Waals surface area (Å²) in [5.74, 6) is 3.03. The van der Waals surface area contributed by atoms with E-state index in [1.165, 1.54) is 25.7 Å². The lowest BCUT2D eigenvalue weighted by molar-refractivity contribution is -0.132. The number of nitrogens with two attached hydrogens (primary N) is 1. The molecule has 3 fully saturated rings. The second-order valence-electron chi connectivity index (χ2n) is 11.4. The third kappa shape index (κ3) is 4.88. The van der Waals surface area contributed by atoms with Gasteiger partial charge in [-0.2, -0.15) is 10.1 Å². The third-order valence-electron chi connectivity index (χ3n) is 8.72. The van der Waals surface area contributed by atoms with Crippen molar-refractivity contribution in [3.05, 3.63) is 29.7 Å². The molecular weight excluding hydrogens is 480 g/mol. The predicted octanol–water partition coefficient (Wildman–Crippen LogP) is 3.97. The number of anilines is 2. The number of nitrogens with zero attached hydrogens (tertiary/aromatic N) is 6. The topological polar surface area (TPSA) is 124 Å². The van der Waals surface area contributed by atoms with Crippen LogP contribution in [0.5, 0.6) is 5.75 Å². The van der Waals surface area contributed by atoms with Gasteiger partial charge in [0.05, 0.1) is 19.9 Å². The van der Waals surface area contributed by atoms with Gasteiger partial charge in [-0.1, -0.05) is 6.92 Å². The summed E-state index contributed by atoms with van der Waals surface area (Å²) in [5, 5.41) is 8.14. The van der Waals surface area contributed by atoms with E-state index >= 15 is 0 Å². The van der Waals surface area contributed by atoms with Crippen LogP contribution in [0.1, 0.15) is 75.5 Å². The molecule has 0 radical (unpaired) electrons. The lowest BCUT2D eigenvalue weighted by Crippen LogP contribution is -2.37. The summed E-state index contributed by atoms with van der Waals surface area (Å²) in [5.41, 5.74) is 10.2. The van der Waals surface area contributed by atoms with Crippen LogP contribution in [0.2, 0.25) is 0 Å². The average Bonchev–Trinajstić information content (AvgIpc) is 3.61. The molecule has 2 saturated carbocycles. The monoisotopic (exact) mass is 518 g/mol. The highest BCUT2D eigenvalue weighted by Crippen LogP contribution is 2.63. The number of carbonyl (C=O) groups is 1. The average molecular weight is 519 g/mol. The molecule has 3 aromatic heterocycles. The summed E-state index contributed by atoms with van der Waals surface area (Å²) in [6, 6.07) is 2.10. The van der Waals surface area contributed by atoms with Gasteiger partial charge in [0, 0.05) is 32.3 Å². The standard InChI is InChI=1S/C28H38N8O2/c1-3-4-24(37)35-9-5-19(6-10-35)20-11-23(38-2)22(30-15-20)17-36-25-21(16-32-36)33-27(29)34-26(25)31-14-18-12-28(13-18)7-8-28/h11,15-16,18-19H,3-10,12-14,17H2,1-2H3,(H3,29,31,33,34). The van der Waals surface area contributed by atoms with Gasteiger partial charge in [0.25, 0.3) is 0 Å². The number of pyridine rings is 1. The molecule has 6 rings (SSSR count). The lowest BCUT2D eigenvalue weighted by Gasteiger charge is -2.36. The van der Waals surface area contributed by atoms with Crippen LogP contribution in [-0.4, -0.2) is 62.3 Å². The Morgan fingerprint density at radius 1 is 1.21 bits per heavy atom. The van der Waals surface area contributed by atoms with E-state index in [0.717, 1.165) is 67.2 Å². The van der Waals surface area contributed by atoms with Gasteiger partial charge in [0.1, 0.15) is 22.5 Å². The minimum atomic E-state index is 0.245. The Balaban J connectivity index is 1.17. The Labute approximate surface area is 223 Å². The largest absolute Gasteiger partial charge is 0.495 e. The zero-order valence-electron chi connectivity index (χ0n) is 22.4. The molecule has 0 aromatic carbocycles. The molecule has 3 aliphatic rings. The highest BCUT2D eigenvalue weighted by molar-refractivity contribution is 5.86. The number of nitrogen functional groups attached to an aromatic ring is 1. The predicted molar refractivity (Wildman–Crippen MR) is 146 cm³/mol. The molecule has 2 aliphatic carbocycles. The Bertz CT molecular complexity index is 1320. The van der Waals surface area contributed by atoms with Crippen molar-refractivity contribution in [2.24, 2.45) is 11.3 Å².